The molecular weight excluding hydrogens is 313 g/mol. The van der Waals surface area contributed by atoms with Gasteiger partial charge in [-0.25, -0.2) is 9.18 Å². The maximum absolute atomic E-state index is 13.5. The third-order valence-electron chi connectivity index (χ3n) is 4.48. The Morgan fingerprint density at radius 2 is 2.04 bits per heavy atom. The number of likely N-dealkylation sites (N-methyl/N-ethyl adjacent to an activating group) is 1. The van der Waals surface area contributed by atoms with Crippen LogP contribution in [0.1, 0.15) is 40.3 Å². The monoisotopic (exact) mass is 331 g/mol. The molecule has 1 amide bonds. The molecule has 0 aliphatic heterocycles. The van der Waals surface area contributed by atoms with Gasteiger partial charge in [-0.15, -0.1) is 0 Å². The normalized spacial score (nSPS) is 15.1. The van der Waals surface area contributed by atoms with Gasteiger partial charge in [0.1, 0.15) is 22.9 Å². The standard InChI is InChI=1S/C18H18FNO4/c1-11-15(16(21)22)9-14(24-11)10-20(2)17(23)18(6-7-18)12-4-3-5-13(19)8-12/h3-5,8-9H,6-7,10H2,1-2H3,(H,21,22). The first-order valence-corrected chi connectivity index (χ1v) is 7.68. The van der Waals surface area contributed by atoms with E-state index in [1.165, 1.54) is 23.1 Å². The molecule has 1 aromatic carbocycles. The minimum Gasteiger partial charge on any atom is -0.478 e. The van der Waals surface area contributed by atoms with E-state index in [0.29, 0.717) is 29.9 Å². The van der Waals surface area contributed by atoms with Crippen molar-refractivity contribution in [3.05, 3.63) is 58.8 Å². The van der Waals surface area contributed by atoms with Gasteiger partial charge < -0.3 is 14.4 Å². The lowest BCUT2D eigenvalue weighted by Gasteiger charge is -2.23. The van der Waals surface area contributed by atoms with Crippen LogP contribution in [0.5, 0.6) is 0 Å². The number of carbonyl (C=O) groups is 2. The van der Waals surface area contributed by atoms with Crippen LogP contribution in [0.3, 0.4) is 0 Å². The van der Waals surface area contributed by atoms with E-state index in [1.54, 1.807) is 26.1 Å². The summed E-state index contributed by atoms with van der Waals surface area (Å²) in [6.07, 6.45) is 1.36. The largest absolute Gasteiger partial charge is 0.478 e. The lowest BCUT2D eigenvalue weighted by molar-refractivity contribution is -0.133. The topological polar surface area (TPSA) is 70.8 Å². The van der Waals surface area contributed by atoms with Crippen LogP contribution in [-0.2, 0) is 16.8 Å². The number of carboxylic acid groups (broad SMARTS) is 1. The molecule has 0 bridgehead atoms. The van der Waals surface area contributed by atoms with Gasteiger partial charge in [0, 0.05) is 7.05 Å². The lowest BCUT2D eigenvalue weighted by Crippen LogP contribution is -2.36. The fourth-order valence-corrected chi connectivity index (χ4v) is 3.04. The molecule has 0 spiro atoms. The average molecular weight is 331 g/mol. The van der Waals surface area contributed by atoms with Crippen LogP contribution in [0.25, 0.3) is 0 Å². The second-order valence-electron chi connectivity index (χ2n) is 6.24. The van der Waals surface area contributed by atoms with E-state index in [0.717, 1.165) is 0 Å². The molecule has 2 aromatic rings. The molecule has 1 fully saturated rings. The zero-order valence-electron chi connectivity index (χ0n) is 13.5. The molecule has 0 saturated heterocycles. The highest BCUT2D eigenvalue weighted by Gasteiger charge is 2.52. The van der Waals surface area contributed by atoms with Crippen molar-refractivity contribution >= 4 is 11.9 Å². The van der Waals surface area contributed by atoms with Crippen molar-refractivity contribution in [1.82, 2.24) is 4.90 Å². The highest BCUT2D eigenvalue weighted by Crippen LogP contribution is 2.49. The molecule has 1 heterocycles. The number of hydrogen-bond donors (Lipinski definition) is 1. The summed E-state index contributed by atoms with van der Waals surface area (Å²) in [4.78, 5) is 25.4. The van der Waals surface area contributed by atoms with E-state index in [4.69, 9.17) is 9.52 Å². The molecule has 5 nitrogen and oxygen atoms in total. The van der Waals surface area contributed by atoms with Crippen LogP contribution in [0.2, 0.25) is 0 Å². The number of benzene rings is 1. The number of aryl methyl sites for hydroxylation is 1. The fraction of sp³-hybridized carbons (Fsp3) is 0.333. The smallest absolute Gasteiger partial charge is 0.339 e. The number of hydrogen-bond acceptors (Lipinski definition) is 3. The summed E-state index contributed by atoms with van der Waals surface area (Å²) in [5.41, 5.74) is 0.104. The maximum atomic E-state index is 13.5. The minimum atomic E-state index is -1.06. The molecule has 0 unspecified atom stereocenters. The Hall–Kier alpha value is -2.63. The molecular formula is C18H18FNO4. The van der Waals surface area contributed by atoms with E-state index in [1.807, 2.05) is 0 Å². The van der Waals surface area contributed by atoms with Crippen LogP contribution in [0, 0.1) is 12.7 Å². The highest BCUT2D eigenvalue weighted by molar-refractivity contribution is 5.91. The van der Waals surface area contributed by atoms with Crippen molar-refractivity contribution in [2.45, 2.75) is 31.7 Å². The van der Waals surface area contributed by atoms with Crippen molar-refractivity contribution < 1.29 is 23.5 Å². The summed E-state index contributed by atoms with van der Waals surface area (Å²) in [6.45, 7) is 1.74. The fourth-order valence-electron chi connectivity index (χ4n) is 3.04. The number of nitrogens with zero attached hydrogens (tertiary/aromatic N) is 1. The van der Waals surface area contributed by atoms with Crippen molar-refractivity contribution in [2.75, 3.05) is 7.05 Å². The van der Waals surface area contributed by atoms with Crippen LogP contribution in [0.15, 0.2) is 34.7 Å². The highest BCUT2D eigenvalue weighted by atomic mass is 19.1. The van der Waals surface area contributed by atoms with Crippen molar-refractivity contribution in [2.24, 2.45) is 0 Å². The quantitative estimate of drug-likeness (QED) is 0.914. The van der Waals surface area contributed by atoms with Gasteiger partial charge in [-0.2, -0.15) is 0 Å². The third-order valence-corrected chi connectivity index (χ3v) is 4.48. The Labute approximate surface area is 138 Å². The van der Waals surface area contributed by atoms with Gasteiger partial charge in [0.25, 0.3) is 0 Å². The Kier molecular flexibility index (Phi) is 3.91. The number of rotatable bonds is 5. The summed E-state index contributed by atoms with van der Waals surface area (Å²) in [5, 5.41) is 9.06. The molecule has 24 heavy (non-hydrogen) atoms. The zero-order chi connectivity index (χ0) is 17.5. The SMILES string of the molecule is Cc1oc(CN(C)C(=O)C2(c3cccc(F)c3)CC2)cc1C(=O)O. The molecule has 0 radical (unpaired) electrons. The summed E-state index contributed by atoms with van der Waals surface area (Å²) in [6, 6.07) is 7.56. The number of aromatic carboxylic acids is 1. The molecule has 1 N–H and O–H groups in total. The van der Waals surface area contributed by atoms with Gasteiger partial charge in [0.2, 0.25) is 5.91 Å². The predicted octanol–water partition coefficient (Wildman–Crippen LogP) is 3.12. The summed E-state index contributed by atoms with van der Waals surface area (Å²) >= 11 is 0. The molecule has 1 saturated carbocycles. The Bertz CT molecular complexity index is 807. The molecule has 126 valence electrons. The van der Waals surface area contributed by atoms with Crippen molar-refractivity contribution in [1.29, 1.82) is 0 Å². The van der Waals surface area contributed by atoms with Gasteiger partial charge in [0.15, 0.2) is 0 Å². The summed E-state index contributed by atoms with van der Waals surface area (Å²) in [5.74, 6) is -0.809. The second kappa shape index (κ2) is 5.78. The van der Waals surface area contributed by atoms with E-state index in [-0.39, 0.29) is 23.8 Å². The summed E-state index contributed by atoms with van der Waals surface area (Å²) < 4.78 is 18.9. The first-order chi connectivity index (χ1) is 11.3. The molecule has 1 aliphatic rings. The van der Waals surface area contributed by atoms with Crippen LogP contribution in [-0.4, -0.2) is 28.9 Å². The Balaban J connectivity index is 1.78. The lowest BCUT2D eigenvalue weighted by atomic mass is 9.94. The van der Waals surface area contributed by atoms with Gasteiger partial charge in [-0.05, 0) is 43.5 Å². The number of carbonyl (C=O) groups excluding carboxylic acids is 1. The van der Waals surface area contributed by atoms with Crippen molar-refractivity contribution in [3.63, 3.8) is 0 Å². The van der Waals surface area contributed by atoms with E-state index in [9.17, 15) is 14.0 Å². The Morgan fingerprint density at radius 3 is 2.58 bits per heavy atom. The average Bonchev–Trinajstić information content (AvgIpc) is 3.25. The van der Waals surface area contributed by atoms with Gasteiger partial charge >= 0.3 is 5.97 Å². The molecule has 1 aliphatic carbocycles. The summed E-state index contributed by atoms with van der Waals surface area (Å²) in [7, 11) is 1.64. The van der Waals surface area contributed by atoms with Gasteiger partial charge in [0.05, 0.1) is 12.0 Å². The maximum Gasteiger partial charge on any atom is 0.339 e. The predicted molar refractivity (Wildman–Crippen MR) is 84.2 cm³/mol. The van der Waals surface area contributed by atoms with Crippen LogP contribution < -0.4 is 0 Å². The van der Waals surface area contributed by atoms with Crippen LogP contribution >= 0.6 is 0 Å². The number of halogens is 1. The second-order valence-corrected chi connectivity index (χ2v) is 6.24. The van der Waals surface area contributed by atoms with Crippen molar-refractivity contribution in [3.8, 4) is 0 Å². The number of furan rings is 1. The van der Waals surface area contributed by atoms with E-state index < -0.39 is 11.4 Å². The Morgan fingerprint density at radius 1 is 1.33 bits per heavy atom. The molecule has 3 rings (SSSR count). The van der Waals surface area contributed by atoms with E-state index in [2.05, 4.69) is 0 Å². The molecule has 6 heteroatoms. The van der Waals surface area contributed by atoms with Gasteiger partial charge in [-0.1, -0.05) is 12.1 Å². The zero-order valence-corrected chi connectivity index (χ0v) is 13.5. The number of carboxylic acids is 1. The minimum absolute atomic E-state index is 0.0946. The van der Waals surface area contributed by atoms with Gasteiger partial charge in [-0.3, -0.25) is 4.79 Å². The van der Waals surface area contributed by atoms with E-state index >= 15 is 0 Å². The molecule has 1 aromatic heterocycles. The first-order valence-electron chi connectivity index (χ1n) is 7.68. The van der Waals surface area contributed by atoms with Crippen LogP contribution in [0.4, 0.5) is 4.39 Å². The molecule has 0 atom stereocenters. The number of amides is 1. The first kappa shape index (κ1) is 16.2. The third kappa shape index (κ3) is 2.79.